The van der Waals surface area contributed by atoms with Gasteiger partial charge in [-0.2, -0.15) is 13.2 Å². The monoisotopic (exact) mass is 421 g/mol. The molecule has 3 nitrogen and oxygen atoms in total. The van der Waals surface area contributed by atoms with Crippen LogP contribution >= 0.6 is 0 Å². The Balaban J connectivity index is 2.08. The molecule has 1 heterocycles. The van der Waals surface area contributed by atoms with Gasteiger partial charge in [-0.1, -0.05) is 6.07 Å². The van der Waals surface area contributed by atoms with Gasteiger partial charge in [0, 0.05) is 28.0 Å². The number of nitrogens with zero attached hydrogens (tertiary/aromatic N) is 1. The Morgan fingerprint density at radius 3 is 2.47 bits per heavy atom. The van der Waals surface area contributed by atoms with Crippen molar-refractivity contribution in [3.8, 4) is 0 Å². The summed E-state index contributed by atoms with van der Waals surface area (Å²) >= 11 is 0. The number of halogens is 6. The highest BCUT2D eigenvalue weighted by Gasteiger charge is 2.31. The number of fused-ring (bicyclic) bond motifs is 3. The number of benzene rings is 3. The smallest absolute Gasteiger partial charge is 0.366 e. The Morgan fingerprint density at radius 1 is 1.07 bits per heavy atom. The number of hydrogen-bond donors (Lipinski definition) is 1. The summed E-state index contributed by atoms with van der Waals surface area (Å²) in [7, 11) is 0. The molecule has 0 bridgehead atoms. The van der Waals surface area contributed by atoms with Crippen molar-refractivity contribution in [2.24, 2.45) is 5.73 Å². The zero-order valence-electron chi connectivity index (χ0n) is 14.9. The molecule has 0 aliphatic carbocycles. The second-order valence-corrected chi connectivity index (χ2v) is 6.66. The molecule has 1 amide bonds. The van der Waals surface area contributed by atoms with E-state index in [2.05, 4.69) is 6.07 Å². The number of rotatable bonds is 3. The molecule has 4 rings (SSSR count). The Morgan fingerprint density at radius 2 is 1.80 bits per heavy atom. The maximum Gasteiger partial charge on any atom is 0.416 e. The number of hydrogen-bond acceptors (Lipinski definition) is 1. The second-order valence-electron chi connectivity index (χ2n) is 6.66. The van der Waals surface area contributed by atoms with Crippen molar-refractivity contribution in [1.29, 1.82) is 0 Å². The third kappa shape index (κ3) is 3.16. The summed E-state index contributed by atoms with van der Waals surface area (Å²) in [5.74, 6) is -4.61. The highest BCUT2D eigenvalue weighted by Crippen LogP contribution is 2.37. The van der Waals surface area contributed by atoms with Crippen molar-refractivity contribution in [2.45, 2.75) is 12.7 Å². The number of carbonyl (C=O) groups is 1. The van der Waals surface area contributed by atoms with Gasteiger partial charge in [0.2, 0.25) is 5.91 Å². The molecule has 0 aliphatic heterocycles. The summed E-state index contributed by atoms with van der Waals surface area (Å²) in [4.78, 5) is 11.9. The van der Waals surface area contributed by atoms with Gasteiger partial charge in [0.25, 0.3) is 0 Å². The summed E-state index contributed by atoms with van der Waals surface area (Å²) in [5, 5.41) is 0.357. The van der Waals surface area contributed by atoms with E-state index < -0.39 is 47.2 Å². The van der Waals surface area contributed by atoms with E-state index in [4.69, 9.17) is 5.73 Å². The van der Waals surface area contributed by atoms with Gasteiger partial charge in [0.1, 0.15) is 5.82 Å². The first kappa shape index (κ1) is 19.8. The van der Waals surface area contributed by atoms with E-state index in [1.54, 1.807) is 0 Å². The van der Waals surface area contributed by atoms with Crippen LogP contribution in [0, 0.1) is 23.5 Å². The molecule has 0 aliphatic rings. The lowest BCUT2D eigenvalue weighted by atomic mass is 10.0. The SMILES string of the molecule is NC(=O)c1cccc2c1c1[c]cc(C(F)(F)F)cc1n2Cc1cc(F)cc(F)c1F. The summed E-state index contributed by atoms with van der Waals surface area (Å²) < 4.78 is 82.5. The summed E-state index contributed by atoms with van der Waals surface area (Å²) in [6, 6.07) is 9.50. The van der Waals surface area contributed by atoms with E-state index in [1.807, 2.05) is 0 Å². The predicted octanol–water partition coefficient (Wildman–Crippen LogP) is 5.18. The first-order valence-corrected chi connectivity index (χ1v) is 8.55. The van der Waals surface area contributed by atoms with Gasteiger partial charge in [0.15, 0.2) is 11.6 Å². The number of aromatic nitrogens is 1. The Hall–Kier alpha value is -3.49. The van der Waals surface area contributed by atoms with Crippen molar-refractivity contribution in [3.05, 3.63) is 82.7 Å². The Bertz CT molecular complexity index is 1320. The lowest BCUT2D eigenvalue weighted by molar-refractivity contribution is -0.137. The van der Waals surface area contributed by atoms with Crippen molar-refractivity contribution in [3.63, 3.8) is 0 Å². The highest BCUT2D eigenvalue weighted by molar-refractivity contribution is 6.17. The van der Waals surface area contributed by atoms with Gasteiger partial charge in [0.05, 0.1) is 23.1 Å². The number of primary amides is 1. The Kier molecular flexibility index (Phi) is 4.48. The third-order valence-corrected chi connectivity index (χ3v) is 4.78. The molecule has 153 valence electrons. The number of alkyl halides is 3. The van der Waals surface area contributed by atoms with Crippen LogP contribution in [0.1, 0.15) is 21.5 Å². The number of carbonyl (C=O) groups excluding carboxylic acids is 1. The molecule has 0 spiro atoms. The molecule has 1 radical (unpaired) electrons. The first-order valence-electron chi connectivity index (χ1n) is 8.55. The van der Waals surface area contributed by atoms with E-state index in [0.717, 1.165) is 18.2 Å². The molecule has 0 atom stereocenters. The first-order chi connectivity index (χ1) is 14.1. The minimum absolute atomic E-state index is 0.0261. The van der Waals surface area contributed by atoms with E-state index in [0.29, 0.717) is 6.07 Å². The molecular formula is C21H11F6N2O. The molecule has 30 heavy (non-hydrogen) atoms. The topological polar surface area (TPSA) is 48.0 Å². The van der Waals surface area contributed by atoms with Gasteiger partial charge in [-0.15, -0.1) is 0 Å². The van der Waals surface area contributed by atoms with Crippen LogP contribution in [-0.2, 0) is 12.7 Å². The van der Waals surface area contributed by atoms with Crippen LogP contribution in [0.5, 0.6) is 0 Å². The van der Waals surface area contributed by atoms with Gasteiger partial charge < -0.3 is 10.3 Å². The molecule has 2 N–H and O–H groups in total. The van der Waals surface area contributed by atoms with Crippen molar-refractivity contribution >= 4 is 27.7 Å². The van der Waals surface area contributed by atoms with Crippen LogP contribution in [0.15, 0.2) is 42.5 Å². The standard InChI is InChI=1S/C21H11F6N2O/c22-12-6-10(19(24)15(23)8-12)9-29-16-3-1-2-14(20(28)30)18(16)13-5-4-11(7-17(13)29)21(25,26)27/h1-4,6-8H,9H2,(H2,28,30). The summed E-state index contributed by atoms with van der Waals surface area (Å²) in [5.41, 5.74) is 4.18. The van der Waals surface area contributed by atoms with Crippen molar-refractivity contribution < 1.29 is 31.1 Å². The third-order valence-electron chi connectivity index (χ3n) is 4.78. The largest absolute Gasteiger partial charge is 0.416 e. The predicted molar refractivity (Wildman–Crippen MR) is 97.2 cm³/mol. The molecule has 3 aromatic carbocycles. The van der Waals surface area contributed by atoms with Gasteiger partial charge in [-0.05, 0) is 36.4 Å². The molecule has 0 saturated carbocycles. The lowest BCUT2D eigenvalue weighted by Crippen LogP contribution is -2.11. The van der Waals surface area contributed by atoms with Crippen LogP contribution in [-0.4, -0.2) is 10.5 Å². The molecule has 0 unspecified atom stereocenters. The van der Waals surface area contributed by atoms with Crippen molar-refractivity contribution in [1.82, 2.24) is 4.57 Å². The minimum Gasteiger partial charge on any atom is -0.366 e. The van der Waals surface area contributed by atoms with Crippen LogP contribution in [0.3, 0.4) is 0 Å². The average Bonchev–Trinajstić information content (AvgIpc) is 2.98. The minimum atomic E-state index is -4.69. The lowest BCUT2D eigenvalue weighted by Gasteiger charge is -2.11. The van der Waals surface area contributed by atoms with Crippen LogP contribution in [0.4, 0.5) is 26.3 Å². The van der Waals surface area contributed by atoms with Crippen molar-refractivity contribution in [2.75, 3.05) is 0 Å². The van der Waals surface area contributed by atoms with Crippen LogP contribution in [0.2, 0.25) is 0 Å². The maximum atomic E-state index is 14.2. The summed E-state index contributed by atoms with van der Waals surface area (Å²) in [6.07, 6.45) is -4.69. The highest BCUT2D eigenvalue weighted by atomic mass is 19.4. The molecule has 4 aromatic rings. The fraction of sp³-hybridized carbons (Fsp3) is 0.0952. The normalized spacial score (nSPS) is 12.1. The fourth-order valence-electron chi connectivity index (χ4n) is 3.49. The second kappa shape index (κ2) is 6.79. The van der Waals surface area contributed by atoms with E-state index in [9.17, 15) is 31.1 Å². The molecule has 0 saturated heterocycles. The van der Waals surface area contributed by atoms with E-state index in [1.165, 1.54) is 22.8 Å². The fourth-order valence-corrected chi connectivity index (χ4v) is 3.49. The van der Waals surface area contributed by atoms with Crippen LogP contribution in [0.25, 0.3) is 21.8 Å². The van der Waals surface area contributed by atoms with E-state index >= 15 is 0 Å². The quantitative estimate of drug-likeness (QED) is 0.360. The van der Waals surface area contributed by atoms with Gasteiger partial charge in [-0.25, -0.2) is 13.2 Å². The van der Waals surface area contributed by atoms with E-state index in [-0.39, 0.29) is 27.4 Å². The molecule has 1 aromatic heterocycles. The van der Waals surface area contributed by atoms with Crippen LogP contribution < -0.4 is 5.73 Å². The Labute approximate surface area is 165 Å². The number of nitrogens with two attached hydrogens (primary N) is 1. The summed E-state index contributed by atoms with van der Waals surface area (Å²) in [6.45, 7) is -0.488. The van der Waals surface area contributed by atoms with Gasteiger partial charge >= 0.3 is 6.18 Å². The molecule has 0 fully saturated rings. The van der Waals surface area contributed by atoms with Gasteiger partial charge in [-0.3, -0.25) is 4.79 Å². The molecular weight excluding hydrogens is 410 g/mol. The maximum absolute atomic E-state index is 14.2. The zero-order valence-corrected chi connectivity index (χ0v) is 14.9. The number of amides is 1. The average molecular weight is 421 g/mol. The zero-order chi connectivity index (χ0) is 21.8. The molecule has 9 heteroatoms.